The molecule has 1 aliphatic rings. The quantitative estimate of drug-likeness (QED) is 0.749. The van der Waals surface area contributed by atoms with Gasteiger partial charge in [-0.05, 0) is 6.07 Å². The summed E-state index contributed by atoms with van der Waals surface area (Å²) >= 11 is 0. The monoisotopic (exact) mass is 234 g/mol. The highest BCUT2D eigenvalue weighted by Crippen LogP contribution is 2.17. The van der Waals surface area contributed by atoms with Crippen molar-refractivity contribution < 1.29 is 14.6 Å². The summed E-state index contributed by atoms with van der Waals surface area (Å²) in [7, 11) is 0. The number of nitrogens with one attached hydrogen (secondary N) is 1. The fourth-order valence-electron chi connectivity index (χ4n) is 1.60. The third kappa shape index (κ3) is 2.49. The summed E-state index contributed by atoms with van der Waals surface area (Å²) in [4.78, 5) is 18.8. The highest BCUT2D eigenvalue weighted by Gasteiger charge is 2.34. The molecule has 0 aromatic carbocycles. The van der Waals surface area contributed by atoms with Gasteiger partial charge in [0, 0.05) is 6.20 Å². The normalized spacial score (nSPS) is 23.0. The summed E-state index contributed by atoms with van der Waals surface area (Å²) in [6.07, 6.45) is 1.44. The molecule has 2 unspecified atom stereocenters. The molecular formula is C10H10N4O3. The van der Waals surface area contributed by atoms with E-state index in [4.69, 9.17) is 15.1 Å². The van der Waals surface area contributed by atoms with Crippen LogP contribution < -0.4 is 5.32 Å². The van der Waals surface area contributed by atoms with Crippen molar-refractivity contribution in [1.82, 2.24) is 9.97 Å². The molecule has 0 spiro atoms. The van der Waals surface area contributed by atoms with E-state index in [-0.39, 0.29) is 30.9 Å². The van der Waals surface area contributed by atoms with Gasteiger partial charge in [0.25, 0.3) is 0 Å². The number of anilines is 1. The lowest BCUT2D eigenvalue weighted by atomic mass is 10.0. The number of carboxylic acids is 1. The first-order valence-electron chi connectivity index (χ1n) is 5.01. The zero-order valence-corrected chi connectivity index (χ0v) is 8.83. The maximum atomic E-state index is 10.9. The van der Waals surface area contributed by atoms with Gasteiger partial charge in [0.1, 0.15) is 17.7 Å². The minimum Gasteiger partial charge on any atom is -0.481 e. The van der Waals surface area contributed by atoms with Crippen LogP contribution in [0.3, 0.4) is 0 Å². The number of nitriles is 1. The van der Waals surface area contributed by atoms with Crippen LogP contribution in [0.4, 0.5) is 5.95 Å². The summed E-state index contributed by atoms with van der Waals surface area (Å²) in [6, 6.07) is 2.99. The maximum absolute atomic E-state index is 10.9. The van der Waals surface area contributed by atoms with Gasteiger partial charge in [0.2, 0.25) is 5.95 Å². The fourth-order valence-corrected chi connectivity index (χ4v) is 1.60. The average molecular weight is 234 g/mol. The third-order valence-electron chi connectivity index (χ3n) is 2.48. The van der Waals surface area contributed by atoms with Crippen molar-refractivity contribution in [3.05, 3.63) is 18.0 Å². The molecule has 7 heteroatoms. The van der Waals surface area contributed by atoms with E-state index in [0.29, 0.717) is 0 Å². The molecule has 0 saturated carbocycles. The van der Waals surface area contributed by atoms with Crippen molar-refractivity contribution in [2.24, 2.45) is 5.92 Å². The Bertz CT molecular complexity index is 471. The van der Waals surface area contributed by atoms with Gasteiger partial charge in [-0.1, -0.05) is 0 Å². The summed E-state index contributed by atoms with van der Waals surface area (Å²) in [5.41, 5.74) is 0.230. The van der Waals surface area contributed by atoms with Gasteiger partial charge in [-0.2, -0.15) is 5.26 Å². The number of rotatable bonds is 3. The van der Waals surface area contributed by atoms with Crippen molar-refractivity contribution in [3.63, 3.8) is 0 Å². The van der Waals surface area contributed by atoms with Gasteiger partial charge in [-0.25, -0.2) is 9.97 Å². The second kappa shape index (κ2) is 4.76. The van der Waals surface area contributed by atoms with Crippen molar-refractivity contribution in [1.29, 1.82) is 5.26 Å². The molecule has 17 heavy (non-hydrogen) atoms. The Morgan fingerprint density at radius 3 is 3.18 bits per heavy atom. The lowest BCUT2D eigenvalue weighted by Crippen LogP contribution is -2.33. The number of hydrogen-bond acceptors (Lipinski definition) is 6. The van der Waals surface area contributed by atoms with Crippen molar-refractivity contribution >= 4 is 11.9 Å². The van der Waals surface area contributed by atoms with Crippen LogP contribution in [-0.4, -0.2) is 40.3 Å². The van der Waals surface area contributed by atoms with Gasteiger partial charge in [-0.3, -0.25) is 4.79 Å². The van der Waals surface area contributed by atoms with Crippen LogP contribution in [0.2, 0.25) is 0 Å². The average Bonchev–Trinajstić information content (AvgIpc) is 2.77. The molecule has 7 nitrogen and oxygen atoms in total. The van der Waals surface area contributed by atoms with E-state index in [2.05, 4.69) is 15.3 Å². The molecule has 1 aromatic heterocycles. The highest BCUT2D eigenvalue weighted by atomic mass is 16.5. The van der Waals surface area contributed by atoms with Gasteiger partial charge in [0.05, 0.1) is 19.3 Å². The van der Waals surface area contributed by atoms with Gasteiger partial charge in [0.15, 0.2) is 0 Å². The van der Waals surface area contributed by atoms with E-state index in [1.54, 1.807) is 0 Å². The van der Waals surface area contributed by atoms with Gasteiger partial charge < -0.3 is 15.2 Å². The Morgan fingerprint density at radius 1 is 1.65 bits per heavy atom. The van der Waals surface area contributed by atoms with Crippen molar-refractivity contribution in [3.8, 4) is 6.07 Å². The molecule has 1 saturated heterocycles. The number of aliphatic carboxylic acids is 1. The van der Waals surface area contributed by atoms with Crippen LogP contribution in [0.15, 0.2) is 12.3 Å². The van der Waals surface area contributed by atoms with E-state index in [9.17, 15) is 4.79 Å². The largest absolute Gasteiger partial charge is 0.481 e. The van der Waals surface area contributed by atoms with Gasteiger partial charge in [-0.15, -0.1) is 0 Å². The number of carbonyl (C=O) groups is 1. The first kappa shape index (κ1) is 11.3. The molecule has 2 rings (SSSR count). The number of aromatic nitrogens is 2. The zero-order valence-electron chi connectivity index (χ0n) is 8.83. The van der Waals surface area contributed by atoms with Crippen LogP contribution in [0, 0.1) is 17.2 Å². The number of carboxylic acid groups (broad SMARTS) is 1. The van der Waals surface area contributed by atoms with Crippen molar-refractivity contribution in [2.75, 3.05) is 18.5 Å². The standard InChI is InChI=1S/C10H10N4O3/c11-3-6-1-2-12-10(13-6)14-8-5-17-4-7(8)9(15)16/h1-2,7-8H,4-5H2,(H,15,16)(H,12,13,14). The fraction of sp³-hybridized carbons (Fsp3) is 0.400. The van der Waals surface area contributed by atoms with Crippen LogP contribution in [0.1, 0.15) is 5.69 Å². The van der Waals surface area contributed by atoms with Crippen LogP contribution >= 0.6 is 0 Å². The first-order valence-corrected chi connectivity index (χ1v) is 5.01. The van der Waals surface area contributed by atoms with Crippen LogP contribution in [-0.2, 0) is 9.53 Å². The predicted octanol–water partition coefficient (Wildman–Crippen LogP) is -0.140. The molecule has 2 N–H and O–H groups in total. The van der Waals surface area contributed by atoms with Gasteiger partial charge >= 0.3 is 5.97 Å². The summed E-state index contributed by atoms with van der Waals surface area (Å²) < 4.78 is 5.10. The zero-order chi connectivity index (χ0) is 12.3. The van der Waals surface area contributed by atoms with E-state index in [0.717, 1.165) is 0 Å². The SMILES string of the molecule is N#Cc1ccnc(NC2COCC2C(=O)O)n1. The molecular weight excluding hydrogens is 224 g/mol. The Kier molecular flexibility index (Phi) is 3.16. The Morgan fingerprint density at radius 2 is 2.47 bits per heavy atom. The minimum absolute atomic E-state index is 0.172. The van der Waals surface area contributed by atoms with E-state index >= 15 is 0 Å². The molecule has 2 heterocycles. The highest BCUT2D eigenvalue weighted by molar-refractivity contribution is 5.72. The summed E-state index contributed by atoms with van der Waals surface area (Å²) in [6.45, 7) is 0.460. The Labute approximate surface area is 97.1 Å². The van der Waals surface area contributed by atoms with E-state index < -0.39 is 11.9 Å². The molecule has 88 valence electrons. The van der Waals surface area contributed by atoms with Crippen LogP contribution in [0.5, 0.6) is 0 Å². The lowest BCUT2D eigenvalue weighted by molar-refractivity contribution is -0.141. The van der Waals surface area contributed by atoms with E-state index in [1.165, 1.54) is 12.3 Å². The summed E-state index contributed by atoms with van der Waals surface area (Å²) in [5.74, 6) is -1.30. The molecule has 0 amide bonds. The molecule has 0 radical (unpaired) electrons. The molecule has 1 aliphatic heterocycles. The molecule has 1 fully saturated rings. The van der Waals surface area contributed by atoms with Crippen molar-refractivity contribution in [2.45, 2.75) is 6.04 Å². The second-order valence-electron chi connectivity index (χ2n) is 3.61. The topological polar surface area (TPSA) is 108 Å². The lowest BCUT2D eigenvalue weighted by Gasteiger charge is -2.15. The Balaban J connectivity index is 2.10. The number of ether oxygens (including phenoxy) is 1. The smallest absolute Gasteiger partial charge is 0.311 e. The molecule has 0 bridgehead atoms. The van der Waals surface area contributed by atoms with Crippen LogP contribution in [0.25, 0.3) is 0 Å². The second-order valence-corrected chi connectivity index (χ2v) is 3.61. The third-order valence-corrected chi connectivity index (χ3v) is 2.48. The maximum Gasteiger partial charge on any atom is 0.311 e. The van der Waals surface area contributed by atoms with E-state index in [1.807, 2.05) is 6.07 Å². The molecule has 2 atom stereocenters. The molecule has 0 aliphatic carbocycles. The Hall–Kier alpha value is -2.20. The number of nitrogens with zero attached hydrogens (tertiary/aromatic N) is 3. The first-order chi connectivity index (χ1) is 8.20. The summed E-state index contributed by atoms with van der Waals surface area (Å²) in [5, 5.41) is 20.5. The minimum atomic E-state index is -0.920. The predicted molar refractivity (Wildman–Crippen MR) is 56.1 cm³/mol. The molecule has 1 aromatic rings. The number of hydrogen-bond donors (Lipinski definition) is 2.